The van der Waals surface area contributed by atoms with Crippen molar-refractivity contribution in [1.29, 1.82) is 0 Å². The van der Waals surface area contributed by atoms with E-state index in [1.807, 2.05) is 0 Å². The Labute approximate surface area is 120 Å². The van der Waals surface area contributed by atoms with Crippen LogP contribution in [0.2, 0.25) is 0 Å². The minimum absolute atomic E-state index is 0.216. The van der Waals surface area contributed by atoms with Crippen molar-refractivity contribution < 1.29 is 14.3 Å². The zero-order valence-corrected chi connectivity index (χ0v) is 11.3. The average molecular weight is 288 g/mol. The molecule has 108 valence electrons. The molecule has 0 atom stereocenters. The lowest BCUT2D eigenvalue weighted by molar-refractivity contribution is -0.131. The second-order valence-electron chi connectivity index (χ2n) is 4.28. The number of carboxylic acid groups (broad SMARTS) is 1. The van der Waals surface area contributed by atoms with E-state index in [2.05, 4.69) is 5.10 Å². The highest BCUT2D eigenvalue weighted by atomic mass is 19.1. The van der Waals surface area contributed by atoms with Crippen LogP contribution < -0.4 is 5.56 Å². The first-order valence-corrected chi connectivity index (χ1v) is 6.30. The first-order chi connectivity index (χ1) is 10.0. The first kappa shape index (κ1) is 14.6. The van der Waals surface area contributed by atoms with Crippen molar-refractivity contribution in [3.63, 3.8) is 0 Å². The summed E-state index contributed by atoms with van der Waals surface area (Å²) < 4.78 is 14.2. The second kappa shape index (κ2) is 6.13. The molecule has 1 N–H and O–H groups in total. The van der Waals surface area contributed by atoms with Gasteiger partial charge in [-0.1, -0.05) is 0 Å². The molecular formula is C15H13FN2O3. The Kier molecular flexibility index (Phi) is 4.27. The van der Waals surface area contributed by atoms with E-state index < -0.39 is 5.97 Å². The Balaban J connectivity index is 2.57. The molecule has 6 heteroatoms. The number of aliphatic carboxylic acids is 1. The summed E-state index contributed by atoms with van der Waals surface area (Å²) in [6.07, 6.45) is 2.12. The topological polar surface area (TPSA) is 72.2 Å². The number of benzene rings is 1. The van der Waals surface area contributed by atoms with Gasteiger partial charge < -0.3 is 5.11 Å². The quantitative estimate of drug-likeness (QED) is 0.875. The standard InChI is InChI=1S/C15H13FN2O3/c1-2-18-15(21)11(5-8-14(19)20)9-13(17-18)10-3-6-12(16)7-4-10/h3-9H,2H2,1H3,(H,19,20)/b8-5+. The van der Waals surface area contributed by atoms with Crippen LogP contribution >= 0.6 is 0 Å². The van der Waals surface area contributed by atoms with Gasteiger partial charge in [0, 0.05) is 23.7 Å². The number of aryl methyl sites for hydroxylation is 1. The average Bonchev–Trinajstić information content (AvgIpc) is 2.47. The monoisotopic (exact) mass is 288 g/mol. The summed E-state index contributed by atoms with van der Waals surface area (Å²) >= 11 is 0. The van der Waals surface area contributed by atoms with Crippen LogP contribution in [-0.2, 0) is 11.3 Å². The fourth-order valence-electron chi connectivity index (χ4n) is 1.82. The Hall–Kier alpha value is -2.76. The van der Waals surface area contributed by atoms with Gasteiger partial charge in [0.1, 0.15) is 5.82 Å². The van der Waals surface area contributed by atoms with Crippen LogP contribution in [0.3, 0.4) is 0 Å². The van der Waals surface area contributed by atoms with Crippen LogP contribution in [0.15, 0.2) is 41.2 Å². The van der Waals surface area contributed by atoms with Crippen LogP contribution in [0.1, 0.15) is 12.5 Å². The van der Waals surface area contributed by atoms with Crippen LogP contribution in [0.5, 0.6) is 0 Å². The van der Waals surface area contributed by atoms with Crippen molar-refractivity contribution in [3.05, 3.63) is 58.1 Å². The summed E-state index contributed by atoms with van der Waals surface area (Å²) in [5.74, 6) is -1.51. The van der Waals surface area contributed by atoms with E-state index in [1.54, 1.807) is 19.1 Å². The highest BCUT2D eigenvalue weighted by Gasteiger charge is 2.08. The van der Waals surface area contributed by atoms with Crippen molar-refractivity contribution in [2.24, 2.45) is 0 Å². The van der Waals surface area contributed by atoms with Gasteiger partial charge >= 0.3 is 5.97 Å². The summed E-state index contributed by atoms with van der Waals surface area (Å²) in [6.45, 7) is 2.11. The summed E-state index contributed by atoms with van der Waals surface area (Å²) in [6, 6.07) is 7.18. The molecule has 0 fully saturated rings. The molecule has 0 radical (unpaired) electrons. The molecule has 0 spiro atoms. The normalized spacial score (nSPS) is 11.0. The number of hydrogen-bond acceptors (Lipinski definition) is 3. The first-order valence-electron chi connectivity index (χ1n) is 6.30. The summed E-state index contributed by atoms with van der Waals surface area (Å²) in [5, 5.41) is 12.8. The maximum Gasteiger partial charge on any atom is 0.328 e. The number of nitrogens with zero attached hydrogens (tertiary/aromatic N) is 2. The van der Waals surface area contributed by atoms with Gasteiger partial charge in [0.2, 0.25) is 0 Å². The third kappa shape index (κ3) is 3.42. The third-order valence-corrected chi connectivity index (χ3v) is 2.85. The van der Waals surface area contributed by atoms with Crippen LogP contribution in [0.4, 0.5) is 4.39 Å². The summed E-state index contributed by atoms with van der Waals surface area (Å²) in [7, 11) is 0. The lowest BCUT2D eigenvalue weighted by Gasteiger charge is -2.07. The fourth-order valence-corrected chi connectivity index (χ4v) is 1.82. The van der Waals surface area contributed by atoms with Gasteiger partial charge in [-0.25, -0.2) is 13.9 Å². The molecule has 2 aromatic rings. The number of carboxylic acids is 1. The number of carbonyl (C=O) groups is 1. The SMILES string of the molecule is CCn1nc(-c2ccc(F)cc2)cc(/C=C/C(=O)O)c1=O. The van der Waals surface area contributed by atoms with Crippen molar-refractivity contribution in [3.8, 4) is 11.3 Å². The molecule has 0 unspecified atom stereocenters. The van der Waals surface area contributed by atoms with E-state index in [1.165, 1.54) is 29.0 Å². The molecule has 0 saturated heterocycles. The molecule has 2 rings (SSSR count). The number of aromatic nitrogens is 2. The van der Waals surface area contributed by atoms with Gasteiger partial charge in [-0.05, 0) is 43.3 Å². The molecule has 0 saturated carbocycles. The number of hydrogen-bond donors (Lipinski definition) is 1. The van der Waals surface area contributed by atoms with Crippen LogP contribution in [0, 0.1) is 5.82 Å². The maximum absolute atomic E-state index is 12.9. The third-order valence-electron chi connectivity index (χ3n) is 2.85. The molecule has 0 amide bonds. The predicted octanol–water partition coefficient (Wildman–Crippen LogP) is 2.17. The van der Waals surface area contributed by atoms with Crippen molar-refractivity contribution in [1.82, 2.24) is 9.78 Å². The van der Waals surface area contributed by atoms with Gasteiger partial charge in [0.05, 0.1) is 5.69 Å². The van der Waals surface area contributed by atoms with Crippen molar-refractivity contribution in [2.45, 2.75) is 13.5 Å². The van der Waals surface area contributed by atoms with Crippen molar-refractivity contribution >= 4 is 12.0 Å². The molecule has 0 aliphatic heterocycles. The molecule has 0 aliphatic rings. The lowest BCUT2D eigenvalue weighted by atomic mass is 10.1. The lowest BCUT2D eigenvalue weighted by Crippen LogP contribution is -2.24. The highest BCUT2D eigenvalue weighted by Crippen LogP contribution is 2.17. The molecule has 1 heterocycles. The molecule has 0 aliphatic carbocycles. The van der Waals surface area contributed by atoms with E-state index in [9.17, 15) is 14.0 Å². The zero-order valence-electron chi connectivity index (χ0n) is 11.3. The van der Waals surface area contributed by atoms with Gasteiger partial charge in [0.15, 0.2) is 0 Å². The van der Waals surface area contributed by atoms with Gasteiger partial charge in [-0.3, -0.25) is 4.79 Å². The van der Waals surface area contributed by atoms with Gasteiger partial charge in [-0.15, -0.1) is 0 Å². The molecule has 5 nitrogen and oxygen atoms in total. The molecule has 21 heavy (non-hydrogen) atoms. The minimum atomic E-state index is -1.14. The van der Waals surface area contributed by atoms with E-state index in [-0.39, 0.29) is 16.9 Å². The molecular weight excluding hydrogens is 275 g/mol. The van der Waals surface area contributed by atoms with E-state index in [0.717, 1.165) is 6.08 Å². The van der Waals surface area contributed by atoms with Crippen LogP contribution in [0.25, 0.3) is 17.3 Å². The largest absolute Gasteiger partial charge is 0.478 e. The Morgan fingerprint density at radius 3 is 2.62 bits per heavy atom. The summed E-state index contributed by atoms with van der Waals surface area (Å²) in [4.78, 5) is 22.6. The van der Waals surface area contributed by atoms with E-state index in [4.69, 9.17) is 5.11 Å². The van der Waals surface area contributed by atoms with Gasteiger partial charge in [0.25, 0.3) is 5.56 Å². The summed E-state index contributed by atoms with van der Waals surface area (Å²) in [5.41, 5.74) is 0.958. The smallest absolute Gasteiger partial charge is 0.328 e. The highest BCUT2D eigenvalue weighted by molar-refractivity contribution is 5.85. The predicted molar refractivity (Wildman–Crippen MR) is 76.2 cm³/mol. The van der Waals surface area contributed by atoms with Crippen LogP contribution in [-0.4, -0.2) is 20.9 Å². The zero-order chi connectivity index (χ0) is 15.4. The molecule has 1 aromatic heterocycles. The Bertz CT molecular complexity index is 749. The second-order valence-corrected chi connectivity index (χ2v) is 4.28. The number of rotatable bonds is 4. The number of halogens is 1. The maximum atomic E-state index is 12.9. The molecule has 1 aromatic carbocycles. The Morgan fingerprint density at radius 1 is 1.38 bits per heavy atom. The van der Waals surface area contributed by atoms with Gasteiger partial charge in [-0.2, -0.15) is 5.10 Å². The van der Waals surface area contributed by atoms with Crippen molar-refractivity contribution in [2.75, 3.05) is 0 Å². The fraction of sp³-hybridized carbons (Fsp3) is 0.133. The Morgan fingerprint density at radius 2 is 2.05 bits per heavy atom. The minimum Gasteiger partial charge on any atom is -0.478 e. The van der Waals surface area contributed by atoms with E-state index >= 15 is 0 Å². The van der Waals surface area contributed by atoms with E-state index in [0.29, 0.717) is 17.8 Å². The molecule has 0 bridgehead atoms.